The van der Waals surface area contributed by atoms with Crippen molar-refractivity contribution in [1.82, 2.24) is 5.32 Å². The van der Waals surface area contributed by atoms with E-state index in [2.05, 4.69) is 10.6 Å². The van der Waals surface area contributed by atoms with Crippen LogP contribution in [0.2, 0.25) is 0 Å². The zero-order chi connectivity index (χ0) is 16.9. The minimum atomic E-state index is -4.48. The minimum Gasteiger partial charge on any atom is -0.396 e. The van der Waals surface area contributed by atoms with E-state index in [1.165, 1.54) is 6.07 Å². The fraction of sp³-hybridized carbons (Fsp3) is 0.500. The first-order valence-corrected chi connectivity index (χ1v) is 6.72. The van der Waals surface area contributed by atoms with E-state index in [1.54, 1.807) is 25.9 Å². The van der Waals surface area contributed by atoms with Gasteiger partial charge in [0, 0.05) is 26.7 Å². The molecule has 0 saturated carbocycles. The molecular formula is C14H20F3N3O2. The molecule has 0 spiro atoms. The van der Waals surface area contributed by atoms with Crippen LogP contribution in [0.1, 0.15) is 18.9 Å². The zero-order valence-electron chi connectivity index (χ0n) is 12.7. The summed E-state index contributed by atoms with van der Waals surface area (Å²) in [6.07, 6.45) is -4.13. The summed E-state index contributed by atoms with van der Waals surface area (Å²) in [4.78, 5) is 13.4. The molecule has 5 nitrogen and oxygen atoms in total. The average Bonchev–Trinajstić information content (AvgIpc) is 2.37. The molecule has 0 fully saturated rings. The molecule has 0 radical (unpaired) electrons. The molecule has 0 aromatic heterocycles. The van der Waals surface area contributed by atoms with Gasteiger partial charge in [-0.2, -0.15) is 13.2 Å². The maximum absolute atomic E-state index is 12.8. The molecule has 0 saturated heterocycles. The van der Waals surface area contributed by atoms with Gasteiger partial charge >= 0.3 is 12.2 Å². The Labute approximate surface area is 127 Å². The second kappa shape index (κ2) is 7.35. The number of aliphatic hydroxyl groups excluding tert-OH is 1. The lowest BCUT2D eigenvalue weighted by Crippen LogP contribution is -2.37. The summed E-state index contributed by atoms with van der Waals surface area (Å²) in [7, 11) is 3.33. The Hall–Kier alpha value is -1.96. The van der Waals surface area contributed by atoms with Crippen LogP contribution in [0.3, 0.4) is 0 Å². The number of amides is 2. The van der Waals surface area contributed by atoms with E-state index in [4.69, 9.17) is 5.11 Å². The Kier molecular flexibility index (Phi) is 6.04. The summed E-state index contributed by atoms with van der Waals surface area (Å²) in [6, 6.07) is 2.25. The van der Waals surface area contributed by atoms with Gasteiger partial charge < -0.3 is 20.6 Å². The lowest BCUT2D eigenvalue weighted by atomic mass is 10.1. The second-order valence-electron chi connectivity index (χ2n) is 5.14. The quantitative estimate of drug-likeness (QED) is 0.782. The summed E-state index contributed by atoms with van der Waals surface area (Å²) < 4.78 is 38.3. The maximum Gasteiger partial charge on any atom is 0.416 e. The first-order valence-electron chi connectivity index (χ1n) is 6.72. The van der Waals surface area contributed by atoms with E-state index in [9.17, 15) is 18.0 Å². The van der Waals surface area contributed by atoms with Gasteiger partial charge in [0.05, 0.1) is 16.9 Å². The van der Waals surface area contributed by atoms with E-state index in [-0.39, 0.29) is 18.3 Å². The van der Waals surface area contributed by atoms with Crippen LogP contribution in [-0.4, -0.2) is 37.9 Å². The smallest absolute Gasteiger partial charge is 0.396 e. The van der Waals surface area contributed by atoms with Crippen molar-refractivity contribution in [2.24, 2.45) is 0 Å². The number of hydrogen-bond donors (Lipinski definition) is 3. The third-order valence-electron chi connectivity index (χ3n) is 2.99. The molecule has 1 aromatic carbocycles. The highest BCUT2D eigenvalue weighted by Crippen LogP contribution is 2.34. The Morgan fingerprint density at radius 1 is 1.36 bits per heavy atom. The molecule has 1 atom stereocenters. The van der Waals surface area contributed by atoms with Crippen molar-refractivity contribution in [3.63, 3.8) is 0 Å². The molecule has 1 unspecified atom stereocenters. The van der Waals surface area contributed by atoms with E-state index >= 15 is 0 Å². The Balaban J connectivity index is 2.97. The van der Waals surface area contributed by atoms with Gasteiger partial charge in [-0.3, -0.25) is 0 Å². The van der Waals surface area contributed by atoms with Crippen LogP contribution in [0.15, 0.2) is 18.2 Å². The fourth-order valence-corrected chi connectivity index (χ4v) is 1.85. The largest absolute Gasteiger partial charge is 0.416 e. The normalized spacial score (nSPS) is 12.7. The maximum atomic E-state index is 12.8. The zero-order valence-corrected chi connectivity index (χ0v) is 12.7. The van der Waals surface area contributed by atoms with Crippen molar-refractivity contribution < 1.29 is 23.1 Å². The molecule has 1 rings (SSSR count). The lowest BCUT2D eigenvalue weighted by Gasteiger charge is -2.21. The first kappa shape index (κ1) is 18.1. The number of hydrogen-bond acceptors (Lipinski definition) is 3. The molecule has 0 aliphatic heterocycles. The van der Waals surface area contributed by atoms with E-state index in [0.29, 0.717) is 12.1 Å². The topological polar surface area (TPSA) is 64.6 Å². The van der Waals surface area contributed by atoms with Crippen LogP contribution in [0.4, 0.5) is 29.3 Å². The highest BCUT2D eigenvalue weighted by atomic mass is 19.4. The SMILES string of the molecule is CC(CCO)NC(=O)Nc1cc(C(F)(F)F)ccc1N(C)C. The van der Waals surface area contributed by atoms with Gasteiger partial charge in [0.15, 0.2) is 0 Å². The Morgan fingerprint density at radius 3 is 2.50 bits per heavy atom. The van der Waals surface area contributed by atoms with Crippen molar-refractivity contribution in [2.75, 3.05) is 30.9 Å². The van der Waals surface area contributed by atoms with E-state index in [1.807, 2.05) is 0 Å². The molecule has 0 heterocycles. The van der Waals surface area contributed by atoms with Gasteiger partial charge in [0.1, 0.15) is 0 Å². The van der Waals surface area contributed by atoms with Crippen molar-refractivity contribution in [2.45, 2.75) is 25.6 Å². The van der Waals surface area contributed by atoms with Gasteiger partial charge in [-0.25, -0.2) is 4.79 Å². The molecule has 0 aliphatic rings. The molecule has 8 heteroatoms. The van der Waals surface area contributed by atoms with Crippen molar-refractivity contribution in [1.29, 1.82) is 0 Å². The molecule has 0 aliphatic carbocycles. The average molecular weight is 319 g/mol. The third-order valence-corrected chi connectivity index (χ3v) is 2.99. The molecule has 2 amide bonds. The molecule has 3 N–H and O–H groups in total. The monoisotopic (exact) mass is 319 g/mol. The summed E-state index contributed by atoms with van der Waals surface area (Å²) in [5.74, 6) is 0. The number of anilines is 2. The van der Waals surface area contributed by atoms with Crippen molar-refractivity contribution in [3.05, 3.63) is 23.8 Å². The predicted octanol–water partition coefficient (Wildman–Crippen LogP) is 2.66. The predicted molar refractivity (Wildman–Crippen MR) is 79.1 cm³/mol. The van der Waals surface area contributed by atoms with Crippen LogP contribution in [0.25, 0.3) is 0 Å². The summed E-state index contributed by atoms with van der Waals surface area (Å²) >= 11 is 0. The highest BCUT2D eigenvalue weighted by Gasteiger charge is 2.31. The number of alkyl halides is 3. The van der Waals surface area contributed by atoms with Crippen LogP contribution < -0.4 is 15.5 Å². The number of carbonyl (C=O) groups excluding carboxylic acids is 1. The summed E-state index contributed by atoms with van der Waals surface area (Å²) in [5, 5.41) is 13.7. The highest BCUT2D eigenvalue weighted by molar-refractivity contribution is 5.93. The fourth-order valence-electron chi connectivity index (χ4n) is 1.85. The second-order valence-corrected chi connectivity index (χ2v) is 5.14. The Morgan fingerprint density at radius 2 is 2.00 bits per heavy atom. The first-order chi connectivity index (χ1) is 10.1. The van der Waals surface area contributed by atoms with Gasteiger partial charge in [-0.15, -0.1) is 0 Å². The van der Waals surface area contributed by atoms with Crippen LogP contribution >= 0.6 is 0 Å². The Bertz CT molecular complexity index is 519. The number of benzene rings is 1. The van der Waals surface area contributed by atoms with Crippen LogP contribution in [0, 0.1) is 0 Å². The molecule has 1 aromatic rings. The summed E-state index contributed by atoms with van der Waals surface area (Å²) in [6.45, 7) is 1.60. The minimum absolute atomic E-state index is 0.0634. The van der Waals surface area contributed by atoms with Crippen LogP contribution in [-0.2, 0) is 6.18 Å². The van der Waals surface area contributed by atoms with Gasteiger partial charge in [-0.1, -0.05) is 0 Å². The molecule has 124 valence electrons. The van der Waals surface area contributed by atoms with Crippen molar-refractivity contribution >= 4 is 17.4 Å². The van der Waals surface area contributed by atoms with Crippen molar-refractivity contribution in [3.8, 4) is 0 Å². The number of rotatable bonds is 5. The summed E-state index contributed by atoms with van der Waals surface area (Å²) in [5.41, 5.74) is -0.316. The number of carbonyl (C=O) groups is 1. The van der Waals surface area contributed by atoms with Gasteiger partial charge in [-0.05, 0) is 31.5 Å². The number of halogens is 3. The lowest BCUT2D eigenvalue weighted by molar-refractivity contribution is -0.137. The number of urea groups is 1. The number of aliphatic hydroxyl groups is 1. The number of nitrogens with zero attached hydrogens (tertiary/aromatic N) is 1. The molecule has 0 bridgehead atoms. The van der Waals surface area contributed by atoms with E-state index in [0.717, 1.165) is 12.1 Å². The molecule has 22 heavy (non-hydrogen) atoms. The standard InChI is InChI=1S/C14H20F3N3O2/c1-9(6-7-21)18-13(22)19-11-8-10(14(15,16)17)4-5-12(11)20(2)3/h4-5,8-9,21H,6-7H2,1-3H3,(H2,18,19,22). The molecular weight excluding hydrogens is 299 g/mol. The van der Waals surface area contributed by atoms with Gasteiger partial charge in [0.2, 0.25) is 0 Å². The van der Waals surface area contributed by atoms with Crippen LogP contribution in [0.5, 0.6) is 0 Å². The third kappa shape index (κ3) is 5.10. The van der Waals surface area contributed by atoms with Gasteiger partial charge in [0.25, 0.3) is 0 Å². The van der Waals surface area contributed by atoms with E-state index < -0.39 is 17.8 Å². The number of nitrogens with one attached hydrogen (secondary N) is 2.